The number of benzene rings is 2. The van der Waals surface area contributed by atoms with E-state index in [0.29, 0.717) is 22.5 Å². The van der Waals surface area contributed by atoms with Crippen LogP contribution in [-0.2, 0) is 6.54 Å². The molecule has 12 heteroatoms. The predicted octanol–water partition coefficient (Wildman–Crippen LogP) is 6.21. The first-order chi connectivity index (χ1) is 16.2. The van der Waals surface area contributed by atoms with Gasteiger partial charge in [0.15, 0.2) is 0 Å². The van der Waals surface area contributed by atoms with Crippen LogP contribution in [0.25, 0.3) is 10.9 Å². The molecule has 1 aliphatic heterocycles. The highest BCUT2D eigenvalue weighted by Crippen LogP contribution is 2.30. The van der Waals surface area contributed by atoms with E-state index in [2.05, 4.69) is 30.9 Å². The third-order valence-corrected chi connectivity index (χ3v) is 6.39. The first-order valence-corrected chi connectivity index (χ1v) is 11.9. The van der Waals surface area contributed by atoms with Crippen LogP contribution >= 0.6 is 40.7 Å². The van der Waals surface area contributed by atoms with E-state index in [-0.39, 0.29) is 30.6 Å². The van der Waals surface area contributed by atoms with Crippen LogP contribution in [0.3, 0.4) is 0 Å². The smallest absolute Gasteiger partial charge is 0.405 e. The second-order valence-electron chi connectivity index (χ2n) is 8.62. The lowest BCUT2D eigenvalue weighted by atomic mass is 9.97. The van der Waals surface area contributed by atoms with Crippen molar-refractivity contribution in [3.63, 3.8) is 0 Å². The molecule has 6 nitrogen and oxygen atoms in total. The van der Waals surface area contributed by atoms with Gasteiger partial charge in [-0.15, -0.1) is 38.0 Å². The quantitative estimate of drug-likeness (QED) is 0.343. The van der Waals surface area contributed by atoms with Gasteiger partial charge in [-0.2, -0.15) is 4.98 Å². The van der Waals surface area contributed by atoms with Crippen molar-refractivity contribution in [2.75, 3.05) is 43.5 Å². The number of nitrogens with zero attached hydrogens (tertiary/aromatic N) is 4. The number of alkyl halides is 3. The lowest BCUT2D eigenvalue weighted by molar-refractivity contribution is -0.274. The lowest BCUT2D eigenvalue weighted by Gasteiger charge is -2.32. The zero-order valence-corrected chi connectivity index (χ0v) is 23.1. The Morgan fingerprint density at radius 3 is 2.44 bits per heavy atom. The van der Waals surface area contributed by atoms with Gasteiger partial charge in [-0.1, -0.05) is 34.1 Å². The van der Waals surface area contributed by atoms with Gasteiger partial charge in [-0.25, -0.2) is 4.98 Å². The summed E-state index contributed by atoms with van der Waals surface area (Å²) in [5, 5.41) is 4.33. The van der Waals surface area contributed by atoms with Gasteiger partial charge < -0.3 is 19.9 Å². The van der Waals surface area contributed by atoms with Gasteiger partial charge in [0.05, 0.1) is 5.52 Å². The third-order valence-electron chi connectivity index (χ3n) is 5.90. The van der Waals surface area contributed by atoms with Crippen LogP contribution in [0.4, 0.5) is 24.9 Å². The molecule has 0 amide bonds. The van der Waals surface area contributed by atoms with Crippen LogP contribution < -0.4 is 19.9 Å². The van der Waals surface area contributed by atoms with E-state index in [1.54, 1.807) is 12.1 Å². The molecule has 3 aromatic rings. The molecule has 0 saturated carbocycles. The Bertz CT molecular complexity index is 1140. The summed E-state index contributed by atoms with van der Waals surface area (Å²) in [4.78, 5) is 13.8. The van der Waals surface area contributed by atoms with Crippen molar-refractivity contribution in [1.29, 1.82) is 0 Å². The highest BCUT2D eigenvalue weighted by atomic mass is 79.9. The van der Waals surface area contributed by atoms with Gasteiger partial charge in [0.25, 0.3) is 0 Å². The van der Waals surface area contributed by atoms with Crippen LogP contribution in [0.1, 0.15) is 18.4 Å². The highest BCUT2D eigenvalue weighted by molar-refractivity contribution is 9.10. The van der Waals surface area contributed by atoms with E-state index in [9.17, 15) is 13.2 Å². The number of halogens is 6. The Morgan fingerprint density at radius 1 is 1.08 bits per heavy atom. The Hall–Kier alpha value is -2.01. The zero-order chi connectivity index (χ0) is 24.3. The minimum atomic E-state index is -4.72. The fourth-order valence-corrected chi connectivity index (χ4v) is 4.51. The topological polar surface area (TPSA) is 53.5 Å². The van der Waals surface area contributed by atoms with E-state index in [1.165, 1.54) is 6.07 Å². The fraction of sp³-hybridized carbons (Fsp3) is 0.417. The number of anilines is 2. The van der Waals surface area contributed by atoms with Gasteiger partial charge in [-0.3, -0.25) is 0 Å². The molecule has 0 spiro atoms. The van der Waals surface area contributed by atoms with Crippen molar-refractivity contribution in [1.82, 2.24) is 15.3 Å². The standard InChI is InChI=1S/C24H27BrF3N5O.2ClH/c1-32(2)22-19-5-3-4-6-20(19)30-23(31-22)33-11-9-16(10-12-33)14-29-15-17-7-8-18(25)13-21(17)34-24(26,27)28;;/h3-8,13,16,29H,9-12,14-15H2,1-2H3;2*1H. The number of ether oxygens (including phenoxy) is 1. The number of para-hydroxylation sites is 1. The average Bonchev–Trinajstić information content (AvgIpc) is 2.79. The van der Waals surface area contributed by atoms with Crippen molar-refractivity contribution in [2.45, 2.75) is 25.7 Å². The number of rotatable bonds is 7. The van der Waals surface area contributed by atoms with Gasteiger partial charge in [-0.05, 0) is 49.6 Å². The normalized spacial score (nSPS) is 14.2. The van der Waals surface area contributed by atoms with Gasteiger partial charge in [0.1, 0.15) is 11.6 Å². The molecule has 1 aliphatic rings. The molecule has 36 heavy (non-hydrogen) atoms. The maximum atomic E-state index is 12.7. The zero-order valence-electron chi connectivity index (χ0n) is 19.9. The maximum Gasteiger partial charge on any atom is 0.573 e. The SMILES string of the molecule is CN(C)c1nc(N2CCC(CNCc3ccc(Br)cc3OC(F)(F)F)CC2)nc2ccccc12.Cl.Cl. The molecule has 1 fully saturated rings. The van der Waals surface area contributed by atoms with Crippen molar-refractivity contribution in [2.24, 2.45) is 5.92 Å². The Morgan fingerprint density at radius 2 is 1.78 bits per heavy atom. The molecule has 0 aliphatic carbocycles. The number of fused-ring (bicyclic) bond motifs is 1. The van der Waals surface area contributed by atoms with Crippen molar-refractivity contribution in [3.05, 3.63) is 52.5 Å². The highest BCUT2D eigenvalue weighted by Gasteiger charge is 2.32. The summed E-state index contributed by atoms with van der Waals surface area (Å²) in [6, 6.07) is 12.7. The van der Waals surface area contributed by atoms with Crippen LogP contribution in [0.15, 0.2) is 46.9 Å². The molecular formula is C24H29BrCl2F3N5O. The molecule has 1 saturated heterocycles. The predicted molar refractivity (Wildman–Crippen MR) is 146 cm³/mol. The number of nitrogens with one attached hydrogen (secondary N) is 1. The van der Waals surface area contributed by atoms with Crippen LogP contribution in [-0.4, -0.2) is 50.1 Å². The minimum Gasteiger partial charge on any atom is -0.405 e. The van der Waals surface area contributed by atoms with E-state index >= 15 is 0 Å². The fourth-order valence-electron chi connectivity index (χ4n) is 4.17. The summed E-state index contributed by atoms with van der Waals surface area (Å²) in [7, 11) is 3.96. The molecule has 1 N–H and O–H groups in total. The van der Waals surface area contributed by atoms with Crippen LogP contribution in [0, 0.1) is 5.92 Å². The van der Waals surface area contributed by atoms with Gasteiger partial charge in [0.2, 0.25) is 5.95 Å². The first-order valence-electron chi connectivity index (χ1n) is 11.1. The summed E-state index contributed by atoms with van der Waals surface area (Å²) in [5.74, 6) is 1.87. The van der Waals surface area contributed by atoms with Crippen molar-refractivity contribution in [3.8, 4) is 5.75 Å². The minimum absolute atomic E-state index is 0. The Labute approximate surface area is 229 Å². The molecule has 4 rings (SSSR count). The molecule has 2 heterocycles. The molecule has 2 aromatic carbocycles. The summed E-state index contributed by atoms with van der Waals surface area (Å²) in [6.45, 7) is 2.69. The number of piperidine rings is 1. The number of hydrogen-bond acceptors (Lipinski definition) is 6. The summed E-state index contributed by atoms with van der Waals surface area (Å²) in [5.41, 5.74) is 1.39. The van der Waals surface area contributed by atoms with Gasteiger partial charge in [0, 0.05) is 49.2 Å². The average molecular weight is 611 g/mol. The lowest BCUT2D eigenvalue weighted by Crippen LogP contribution is -2.38. The second-order valence-corrected chi connectivity index (χ2v) is 9.54. The third kappa shape index (κ3) is 7.74. The molecule has 0 bridgehead atoms. The molecule has 0 unspecified atom stereocenters. The van der Waals surface area contributed by atoms with E-state index in [4.69, 9.17) is 9.97 Å². The molecular weight excluding hydrogens is 582 g/mol. The monoisotopic (exact) mass is 609 g/mol. The molecule has 1 aromatic heterocycles. The van der Waals surface area contributed by atoms with Crippen LogP contribution in [0.2, 0.25) is 0 Å². The largest absolute Gasteiger partial charge is 0.573 e. The molecule has 0 radical (unpaired) electrons. The first kappa shape index (κ1) is 30.2. The second kappa shape index (κ2) is 13.0. The molecule has 198 valence electrons. The van der Waals surface area contributed by atoms with E-state index in [0.717, 1.165) is 55.1 Å². The Balaban J connectivity index is 0.00000228. The molecule has 0 atom stereocenters. The van der Waals surface area contributed by atoms with Crippen LogP contribution in [0.5, 0.6) is 5.75 Å². The van der Waals surface area contributed by atoms with Gasteiger partial charge >= 0.3 is 6.36 Å². The summed E-state index contributed by atoms with van der Waals surface area (Å²) >= 11 is 3.20. The number of hydrogen-bond donors (Lipinski definition) is 1. The van der Waals surface area contributed by atoms with Crippen molar-refractivity contribution < 1.29 is 17.9 Å². The van der Waals surface area contributed by atoms with E-state index < -0.39 is 6.36 Å². The summed E-state index contributed by atoms with van der Waals surface area (Å²) < 4.78 is 42.9. The summed E-state index contributed by atoms with van der Waals surface area (Å²) in [6.07, 6.45) is -2.82. The number of aromatic nitrogens is 2. The van der Waals surface area contributed by atoms with E-state index in [1.807, 2.05) is 43.3 Å². The Kier molecular flexibility index (Phi) is 10.9. The maximum absolute atomic E-state index is 12.7. The van der Waals surface area contributed by atoms with Crippen molar-refractivity contribution >= 4 is 63.4 Å².